The van der Waals surface area contributed by atoms with E-state index < -0.39 is 0 Å². The summed E-state index contributed by atoms with van der Waals surface area (Å²) in [5.74, 6) is 0.0265. The minimum absolute atomic E-state index is 0.0265. The number of likely N-dealkylation sites (tertiary alicyclic amines) is 1. The summed E-state index contributed by atoms with van der Waals surface area (Å²) >= 11 is 0. The number of hydrogen-bond donors (Lipinski definition) is 1. The van der Waals surface area contributed by atoms with Gasteiger partial charge >= 0.3 is 0 Å². The molecular weight excluding hydrogens is 326 g/mol. The topological polar surface area (TPSA) is 54.5 Å². The van der Waals surface area contributed by atoms with Crippen molar-refractivity contribution in [2.75, 3.05) is 25.0 Å². The van der Waals surface area contributed by atoms with Gasteiger partial charge in [0.15, 0.2) is 0 Å². The maximum Gasteiger partial charge on any atom is 0.238 e. The first kappa shape index (κ1) is 18.5. The van der Waals surface area contributed by atoms with Crippen LogP contribution in [-0.2, 0) is 16.1 Å². The Labute approximate surface area is 155 Å². The number of pyridine rings is 1. The normalized spacial score (nSPS) is 17.8. The molecule has 1 aromatic carbocycles. The van der Waals surface area contributed by atoms with Crippen molar-refractivity contribution in [3.05, 3.63) is 59.4 Å². The van der Waals surface area contributed by atoms with Gasteiger partial charge in [0, 0.05) is 18.4 Å². The van der Waals surface area contributed by atoms with Crippen LogP contribution in [0.1, 0.15) is 29.7 Å². The lowest BCUT2D eigenvalue weighted by Gasteiger charge is -2.32. The highest BCUT2D eigenvalue weighted by molar-refractivity contribution is 5.92. The van der Waals surface area contributed by atoms with E-state index >= 15 is 0 Å². The Morgan fingerprint density at radius 1 is 1.27 bits per heavy atom. The smallest absolute Gasteiger partial charge is 0.238 e. The second kappa shape index (κ2) is 8.92. The molecule has 0 bridgehead atoms. The van der Waals surface area contributed by atoms with Crippen LogP contribution in [0, 0.1) is 13.8 Å². The quantitative estimate of drug-likeness (QED) is 0.866. The molecule has 1 N–H and O–H groups in total. The fourth-order valence-corrected chi connectivity index (χ4v) is 3.20. The second-order valence-electron chi connectivity index (χ2n) is 6.98. The van der Waals surface area contributed by atoms with Crippen LogP contribution in [0.2, 0.25) is 0 Å². The zero-order valence-electron chi connectivity index (χ0n) is 15.6. The molecule has 26 heavy (non-hydrogen) atoms. The van der Waals surface area contributed by atoms with Gasteiger partial charge < -0.3 is 10.1 Å². The minimum Gasteiger partial charge on any atom is -0.371 e. The maximum absolute atomic E-state index is 12.4. The Hall–Kier alpha value is -2.24. The van der Waals surface area contributed by atoms with Crippen LogP contribution in [0.5, 0.6) is 0 Å². The van der Waals surface area contributed by atoms with Crippen molar-refractivity contribution in [2.24, 2.45) is 0 Å². The van der Waals surface area contributed by atoms with E-state index in [1.807, 2.05) is 36.4 Å². The van der Waals surface area contributed by atoms with Crippen molar-refractivity contribution in [3.63, 3.8) is 0 Å². The fraction of sp³-hybridized carbons (Fsp3) is 0.429. The van der Waals surface area contributed by atoms with Gasteiger partial charge in [0.1, 0.15) is 0 Å². The molecule has 1 aliphatic heterocycles. The Morgan fingerprint density at radius 3 is 2.92 bits per heavy atom. The number of piperidine rings is 1. The SMILES string of the molecule is Cc1ccc(NC(=O)CN2CCC[C@@H](OCc3ccccn3)C2)cc1C. The number of rotatable bonds is 6. The summed E-state index contributed by atoms with van der Waals surface area (Å²) in [4.78, 5) is 18.8. The number of nitrogens with zero attached hydrogens (tertiary/aromatic N) is 2. The van der Waals surface area contributed by atoms with Crippen molar-refractivity contribution in [1.29, 1.82) is 0 Å². The van der Waals surface area contributed by atoms with Crippen molar-refractivity contribution in [2.45, 2.75) is 39.4 Å². The van der Waals surface area contributed by atoms with Crippen LogP contribution in [0.4, 0.5) is 5.69 Å². The third kappa shape index (κ3) is 5.38. The first-order chi connectivity index (χ1) is 12.6. The second-order valence-corrected chi connectivity index (χ2v) is 6.98. The summed E-state index contributed by atoms with van der Waals surface area (Å²) in [5.41, 5.74) is 4.21. The van der Waals surface area contributed by atoms with E-state index in [2.05, 4.69) is 29.0 Å². The monoisotopic (exact) mass is 353 g/mol. The Kier molecular flexibility index (Phi) is 6.36. The third-order valence-electron chi connectivity index (χ3n) is 4.81. The van der Waals surface area contributed by atoms with Crippen LogP contribution < -0.4 is 5.32 Å². The lowest BCUT2D eigenvalue weighted by molar-refractivity contribution is -0.118. The molecule has 5 nitrogen and oxygen atoms in total. The lowest BCUT2D eigenvalue weighted by Crippen LogP contribution is -2.43. The number of amides is 1. The van der Waals surface area contributed by atoms with E-state index in [1.165, 1.54) is 11.1 Å². The third-order valence-corrected chi connectivity index (χ3v) is 4.81. The largest absolute Gasteiger partial charge is 0.371 e. The molecule has 3 rings (SSSR count). The first-order valence-corrected chi connectivity index (χ1v) is 9.21. The molecule has 0 spiro atoms. The van der Waals surface area contributed by atoms with Crippen LogP contribution in [0.25, 0.3) is 0 Å². The van der Waals surface area contributed by atoms with Gasteiger partial charge in [-0.05, 0) is 68.6 Å². The summed E-state index contributed by atoms with van der Waals surface area (Å²) in [6, 6.07) is 11.8. The zero-order valence-corrected chi connectivity index (χ0v) is 15.6. The Morgan fingerprint density at radius 2 is 2.15 bits per heavy atom. The molecule has 1 aromatic heterocycles. The van der Waals surface area contributed by atoms with Gasteiger partial charge in [-0.2, -0.15) is 0 Å². The van der Waals surface area contributed by atoms with E-state index in [0.717, 1.165) is 37.3 Å². The molecule has 138 valence electrons. The zero-order chi connectivity index (χ0) is 18.4. The molecule has 1 atom stereocenters. The average molecular weight is 353 g/mol. The average Bonchev–Trinajstić information content (AvgIpc) is 2.64. The molecule has 1 aliphatic rings. The number of carbonyl (C=O) groups is 1. The number of nitrogens with one attached hydrogen (secondary N) is 1. The number of anilines is 1. The highest BCUT2D eigenvalue weighted by Gasteiger charge is 2.22. The number of aryl methyl sites for hydroxylation is 2. The standard InChI is InChI=1S/C21H27N3O2/c1-16-8-9-18(12-17(16)2)23-21(25)14-24-11-5-7-20(13-24)26-15-19-6-3-4-10-22-19/h3-4,6,8-10,12,20H,5,7,11,13-15H2,1-2H3,(H,23,25)/t20-/m1/s1. The van der Waals surface area contributed by atoms with Crippen molar-refractivity contribution >= 4 is 11.6 Å². The minimum atomic E-state index is 0.0265. The van der Waals surface area contributed by atoms with Gasteiger partial charge in [-0.1, -0.05) is 12.1 Å². The number of benzene rings is 1. The van der Waals surface area contributed by atoms with E-state index in [4.69, 9.17) is 4.74 Å². The molecule has 0 saturated carbocycles. The summed E-state index contributed by atoms with van der Waals surface area (Å²) in [6.07, 6.45) is 4.01. The number of carbonyl (C=O) groups excluding carboxylic acids is 1. The molecule has 1 fully saturated rings. The van der Waals surface area contributed by atoms with Crippen molar-refractivity contribution in [3.8, 4) is 0 Å². The van der Waals surface area contributed by atoms with Gasteiger partial charge in [0.25, 0.3) is 0 Å². The Bertz CT molecular complexity index is 733. The van der Waals surface area contributed by atoms with Crippen LogP contribution in [0.3, 0.4) is 0 Å². The predicted octanol–water partition coefficient (Wildman–Crippen LogP) is 3.32. The van der Waals surface area contributed by atoms with E-state index in [9.17, 15) is 4.79 Å². The van der Waals surface area contributed by atoms with E-state index in [-0.39, 0.29) is 12.0 Å². The van der Waals surface area contributed by atoms with Gasteiger partial charge in [-0.25, -0.2) is 0 Å². The number of hydrogen-bond acceptors (Lipinski definition) is 4. The molecule has 1 saturated heterocycles. The molecule has 0 aliphatic carbocycles. The van der Waals surface area contributed by atoms with Crippen molar-refractivity contribution < 1.29 is 9.53 Å². The summed E-state index contributed by atoms with van der Waals surface area (Å²) < 4.78 is 5.99. The molecule has 2 heterocycles. The summed E-state index contributed by atoms with van der Waals surface area (Å²) in [5, 5.41) is 3.00. The van der Waals surface area contributed by atoms with Crippen LogP contribution in [-0.4, -0.2) is 41.5 Å². The van der Waals surface area contributed by atoms with Gasteiger partial charge in [0.05, 0.1) is 24.9 Å². The maximum atomic E-state index is 12.4. The summed E-state index contributed by atoms with van der Waals surface area (Å²) in [7, 11) is 0. The molecule has 2 aromatic rings. The lowest BCUT2D eigenvalue weighted by atomic mass is 10.1. The van der Waals surface area contributed by atoms with Crippen LogP contribution in [0.15, 0.2) is 42.6 Å². The van der Waals surface area contributed by atoms with E-state index in [0.29, 0.717) is 13.2 Å². The highest BCUT2D eigenvalue weighted by atomic mass is 16.5. The van der Waals surface area contributed by atoms with Gasteiger partial charge in [-0.15, -0.1) is 0 Å². The van der Waals surface area contributed by atoms with Gasteiger partial charge in [-0.3, -0.25) is 14.7 Å². The van der Waals surface area contributed by atoms with Gasteiger partial charge in [0.2, 0.25) is 5.91 Å². The summed E-state index contributed by atoms with van der Waals surface area (Å²) in [6.45, 7) is 6.76. The predicted molar refractivity (Wildman–Crippen MR) is 103 cm³/mol. The van der Waals surface area contributed by atoms with Crippen molar-refractivity contribution in [1.82, 2.24) is 9.88 Å². The molecule has 0 radical (unpaired) electrons. The molecule has 5 heteroatoms. The highest BCUT2D eigenvalue weighted by Crippen LogP contribution is 2.16. The first-order valence-electron chi connectivity index (χ1n) is 9.21. The molecule has 0 unspecified atom stereocenters. The number of ether oxygens (including phenoxy) is 1. The molecular formula is C21H27N3O2. The Balaban J connectivity index is 1.46. The van der Waals surface area contributed by atoms with Crippen LogP contribution >= 0.6 is 0 Å². The molecule has 1 amide bonds. The number of aromatic nitrogens is 1. The fourth-order valence-electron chi connectivity index (χ4n) is 3.20. The van der Waals surface area contributed by atoms with E-state index in [1.54, 1.807) is 6.20 Å².